The van der Waals surface area contributed by atoms with Crippen LogP contribution in [0.5, 0.6) is 11.5 Å². The van der Waals surface area contributed by atoms with Gasteiger partial charge in [-0.2, -0.15) is 17.1 Å². The minimum absolute atomic E-state index is 0.0819. The summed E-state index contributed by atoms with van der Waals surface area (Å²) in [6.45, 7) is 3.38. The van der Waals surface area contributed by atoms with E-state index in [-0.39, 0.29) is 13.1 Å². The molecule has 1 saturated heterocycles. The molecule has 1 atom stereocenters. The molecule has 2 aliphatic rings. The van der Waals surface area contributed by atoms with Crippen molar-refractivity contribution in [1.29, 1.82) is 0 Å². The fourth-order valence-corrected chi connectivity index (χ4v) is 5.30. The number of nitrogens with zero attached hydrogens (tertiary/aromatic N) is 3. The van der Waals surface area contributed by atoms with Gasteiger partial charge in [-0.05, 0) is 55.9 Å². The van der Waals surface area contributed by atoms with Crippen molar-refractivity contribution in [2.75, 3.05) is 46.0 Å². The molecule has 2 aromatic rings. The quantitative estimate of drug-likeness (QED) is 0.393. The Labute approximate surface area is 226 Å². The first-order valence-electron chi connectivity index (χ1n) is 13.1. The van der Waals surface area contributed by atoms with E-state index in [1.165, 1.54) is 0 Å². The van der Waals surface area contributed by atoms with Crippen LogP contribution >= 0.6 is 0 Å². The fraction of sp³-hybridized carbons (Fsp3) is 0.538. The summed E-state index contributed by atoms with van der Waals surface area (Å²) in [5.74, 6) is -3.46. The molecule has 0 spiro atoms. The molecule has 1 saturated carbocycles. The number of ether oxygens (including phenoxy) is 2. The number of hydrogen-bond donors (Lipinski definition) is 1. The molecule has 9 nitrogen and oxygen atoms in total. The van der Waals surface area contributed by atoms with Crippen molar-refractivity contribution in [2.24, 2.45) is 5.92 Å². The molecule has 13 heteroatoms. The average Bonchev–Trinajstić information content (AvgIpc) is 3.76. The lowest BCUT2D eigenvalue weighted by molar-refractivity contribution is 0.0971. The smallest absolute Gasteiger partial charge is 0.304 e. The van der Waals surface area contributed by atoms with E-state index in [2.05, 4.69) is 4.98 Å². The van der Waals surface area contributed by atoms with Crippen LogP contribution in [0.25, 0.3) is 0 Å². The number of aromatic nitrogens is 1. The number of rotatable bonds is 13. The number of carbonyl (C=O) groups is 1. The highest BCUT2D eigenvalue weighted by atomic mass is 32.2. The lowest BCUT2D eigenvalue weighted by Crippen LogP contribution is -2.53. The third kappa shape index (κ3) is 7.61. The third-order valence-electron chi connectivity index (χ3n) is 6.70. The molecular weight excluding hydrogens is 537 g/mol. The van der Waals surface area contributed by atoms with Crippen LogP contribution < -0.4 is 14.2 Å². The maximum atomic E-state index is 14.9. The minimum Gasteiger partial charge on any atom is -0.492 e. The van der Waals surface area contributed by atoms with Crippen molar-refractivity contribution in [3.8, 4) is 11.5 Å². The highest BCUT2D eigenvalue weighted by molar-refractivity contribution is 7.87. The van der Waals surface area contributed by atoms with Crippen molar-refractivity contribution >= 4 is 16.1 Å². The van der Waals surface area contributed by atoms with Gasteiger partial charge < -0.3 is 14.4 Å². The van der Waals surface area contributed by atoms with Crippen molar-refractivity contribution in [2.45, 2.75) is 38.7 Å². The van der Waals surface area contributed by atoms with Crippen LogP contribution in [0.4, 0.5) is 13.2 Å². The Morgan fingerprint density at radius 2 is 1.87 bits per heavy atom. The molecule has 1 aromatic heterocycles. The summed E-state index contributed by atoms with van der Waals surface area (Å²) in [4.78, 5) is 18.8. The minimum atomic E-state index is -4.29. The zero-order chi connectivity index (χ0) is 28.0. The van der Waals surface area contributed by atoms with Crippen LogP contribution in [0.2, 0.25) is 0 Å². The van der Waals surface area contributed by atoms with Crippen LogP contribution in [-0.2, 0) is 10.2 Å². The lowest BCUT2D eigenvalue weighted by Gasteiger charge is -2.33. The molecule has 1 N–H and O–H groups in total. The molecular formula is C26H33F3N4O5S. The highest BCUT2D eigenvalue weighted by Crippen LogP contribution is 2.31. The Bertz CT molecular complexity index is 1240. The van der Waals surface area contributed by atoms with Gasteiger partial charge >= 0.3 is 10.2 Å². The maximum absolute atomic E-state index is 14.9. The molecule has 214 valence electrons. The van der Waals surface area contributed by atoms with Crippen LogP contribution in [0.3, 0.4) is 0 Å². The molecule has 1 aliphatic carbocycles. The normalized spacial score (nSPS) is 17.5. The van der Waals surface area contributed by atoms with Gasteiger partial charge in [0.1, 0.15) is 11.9 Å². The van der Waals surface area contributed by atoms with Crippen molar-refractivity contribution in [3.63, 3.8) is 0 Å². The van der Waals surface area contributed by atoms with Crippen LogP contribution in [-0.4, -0.2) is 74.5 Å². The van der Waals surface area contributed by atoms with E-state index in [0.29, 0.717) is 56.4 Å². The van der Waals surface area contributed by atoms with Crippen LogP contribution in [0, 0.1) is 17.6 Å². The van der Waals surface area contributed by atoms with Gasteiger partial charge in [0.05, 0.1) is 30.7 Å². The van der Waals surface area contributed by atoms with Gasteiger partial charge in [0.25, 0.3) is 5.91 Å². The van der Waals surface area contributed by atoms with Crippen molar-refractivity contribution < 1.29 is 35.9 Å². The van der Waals surface area contributed by atoms with E-state index in [1.807, 2.05) is 4.90 Å². The number of hydrogen-bond acceptors (Lipinski definition) is 7. The molecule has 4 rings (SSSR count). The second kappa shape index (κ2) is 13.0. The summed E-state index contributed by atoms with van der Waals surface area (Å²) in [5, 5.41) is 0. The number of nitrogens with one attached hydrogen (secondary N) is 1. The maximum Gasteiger partial charge on any atom is 0.304 e. The van der Waals surface area contributed by atoms with Gasteiger partial charge in [-0.3, -0.25) is 14.2 Å². The summed E-state index contributed by atoms with van der Waals surface area (Å²) in [5.41, 5.74) is -0.276. The van der Waals surface area contributed by atoms with Crippen molar-refractivity contribution in [3.05, 3.63) is 53.4 Å². The van der Waals surface area contributed by atoms with E-state index >= 15 is 0 Å². The Kier molecular flexibility index (Phi) is 9.67. The van der Waals surface area contributed by atoms with E-state index in [4.69, 9.17) is 9.47 Å². The number of pyridine rings is 1. The third-order valence-corrected chi connectivity index (χ3v) is 8.19. The SMILES string of the molecule is CC[C@@H](Oc1ccc(C(=O)NS(=O)(=O)N2CCN(CCCF)CC2)c(F)c1F)c1ccc(OCC2CC2)cn1. The summed E-state index contributed by atoms with van der Waals surface area (Å²) < 4.78 is 81.6. The van der Waals surface area contributed by atoms with Gasteiger partial charge in [-0.1, -0.05) is 6.92 Å². The second-order valence-electron chi connectivity index (χ2n) is 9.65. The molecule has 39 heavy (non-hydrogen) atoms. The highest BCUT2D eigenvalue weighted by Gasteiger charge is 2.30. The monoisotopic (exact) mass is 570 g/mol. The van der Waals surface area contributed by atoms with E-state index in [0.717, 1.165) is 29.3 Å². The van der Waals surface area contributed by atoms with Crippen LogP contribution in [0.1, 0.15) is 54.8 Å². The Balaban J connectivity index is 1.38. The van der Waals surface area contributed by atoms with E-state index < -0.39 is 51.8 Å². The Morgan fingerprint density at radius 3 is 2.49 bits per heavy atom. The van der Waals surface area contributed by atoms with Gasteiger partial charge in [0, 0.05) is 32.7 Å². The molecule has 1 aliphatic heterocycles. The summed E-state index contributed by atoms with van der Waals surface area (Å²) in [6, 6.07) is 5.49. The number of halogens is 3. The topological polar surface area (TPSA) is 101 Å². The summed E-state index contributed by atoms with van der Waals surface area (Å²) in [7, 11) is -4.29. The molecule has 1 amide bonds. The van der Waals surface area contributed by atoms with E-state index in [9.17, 15) is 26.4 Å². The molecule has 0 bridgehead atoms. The second-order valence-corrected chi connectivity index (χ2v) is 11.3. The van der Waals surface area contributed by atoms with E-state index in [1.54, 1.807) is 30.0 Å². The standard InChI is InChI=1S/C26H33F3N4O5S/c1-2-22(21-8-6-19(16-30-21)37-17-18-4-5-18)38-23-9-7-20(24(28)25(23)29)26(34)31-39(35,36)33-14-12-32(13-15-33)11-3-10-27/h6-9,16,18,22H,2-5,10-15,17H2,1H3,(H,31,34)/t22-/m1/s1. The first-order chi connectivity index (χ1) is 18.7. The average molecular weight is 571 g/mol. The van der Waals surface area contributed by atoms with Gasteiger partial charge in [0.2, 0.25) is 5.82 Å². The summed E-state index contributed by atoms with van der Waals surface area (Å²) in [6.07, 6.45) is 3.94. The molecule has 2 heterocycles. The first-order valence-corrected chi connectivity index (χ1v) is 14.5. The Morgan fingerprint density at radius 1 is 1.13 bits per heavy atom. The Hall–Kier alpha value is -2.90. The van der Waals surface area contributed by atoms with Gasteiger partial charge in [-0.15, -0.1) is 0 Å². The predicted molar refractivity (Wildman–Crippen MR) is 137 cm³/mol. The largest absolute Gasteiger partial charge is 0.492 e. The van der Waals surface area contributed by atoms with Crippen LogP contribution in [0.15, 0.2) is 30.5 Å². The molecule has 2 fully saturated rings. The summed E-state index contributed by atoms with van der Waals surface area (Å²) >= 11 is 0. The van der Waals surface area contributed by atoms with Gasteiger partial charge in [-0.25, -0.2) is 9.11 Å². The predicted octanol–water partition coefficient (Wildman–Crippen LogP) is 3.63. The zero-order valence-corrected chi connectivity index (χ0v) is 22.6. The number of piperazine rings is 1. The fourth-order valence-electron chi connectivity index (χ4n) is 4.18. The van der Waals surface area contributed by atoms with Gasteiger partial charge in [0.15, 0.2) is 11.6 Å². The number of benzene rings is 1. The van der Waals surface area contributed by atoms with Crippen molar-refractivity contribution in [1.82, 2.24) is 18.9 Å². The molecule has 1 aromatic carbocycles. The number of carbonyl (C=O) groups excluding carboxylic acids is 1. The number of amides is 1. The first kappa shape index (κ1) is 29.1. The lowest BCUT2D eigenvalue weighted by atomic mass is 10.1. The zero-order valence-electron chi connectivity index (χ0n) is 21.7. The number of alkyl halides is 1. The molecule has 0 unspecified atom stereocenters. The molecule has 0 radical (unpaired) electrons.